The van der Waals surface area contributed by atoms with Crippen LogP contribution in [0.15, 0.2) is 0 Å². The third kappa shape index (κ3) is 11.5. The molecular weight excluding hydrogens is 712 g/mol. The van der Waals surface area contributed by atoms with Crippen LogP contribution in [0.1, 0.15) is 34.1 Å². The van der Waals surface area contributed by atoms with E-state index in [1.54, 1.807) is 0 Å². The quantitative estimate of drug-likeness (QED) is 0.109. The molecule has 0 spiro atoms. The molecule has 5 atom stereocenters. The number of rotatable bonds is 20. The lowest BCUT2D eigenvalue weighted by molar-refractivity contribution is -0.330. The molecule has 278 valence electrons. The highest BCUT2D eigenvalue weighted by Gasteiger charge is 2.70. The van der Waals surface area contributed by atoms with Gasteiger partial charge < -0.3 is 24.1 Å². The van der Waals surface area contributed by atoms with E-state index < -0.39 is 127 Å². The Balaban J connectivity index is 5.80. The second-order valence-corrected chi connectivity index (χ2v) is 12.1. The summed E-state index contributed by atoms with van der Waals surface area (Å²) in [5.74, 6) is -30.9. The number of hydrogen-bond donors (Lipinski definition) is 1. The van der Waals surface area contributed by atoms with E-state index in [4.69, 9.17) is 0 Å². The minimum absolute atomic E-state index is 0.156. The monoisotopic (exact) mass is 742 g/mol. The number of ether oxygens (including phenoxy) is 4. The minimum atomic E-state index is -6.33. The molecule has 0 amide bonds. The van der Waals surface area contributed by atoms with Gasteiger partial charge in [0.2, 0.25) is 5.67 Å². The van der Waals surface area contributed by atoms with Gasteiger partial charge in [-0.05, 0) is 20.8 Å². The van der Waals surface area contributed by atoms with Crippen LogP contribution < -0.4 is 0 Å². The smallest absolute Gasteiger partial charge is 0.456 e. The van der Waals surface area contributed by atoms with Crippen LogP contribution in [0.4, 0.5) is 52.7 Å². The van der Waals surface area contributed by atoms with Gasteiger partial charge >= 0.3 is 47.8 Å². The molecule has 0 aliphatic carbocycles. The molecule has 0 aliphatic rings. The van der Waals surface area contributed by atoms with Gasteiger partial charge in [0.1, 0.15) is 18.8 Å². The standard InChI is InChI=1S/C23H30F12O11S/c1-11(8-44-10-20(27,28)22(31,32)19(4,25)26)45-16(38)13(6-14(36)37)15(47(40,41)42-5)17(39)46-12(2)7-43-9-18(3,24)21(29,30)23(33,34)35/h11-13,15H,6-10H2,1-5H3,(H,36,37). The Morgan fingerprint density at radius 2 is 1.15 bits per heavy atom. The van der Waals surface area contributed by atoms with Crippen molar-refractivity contribution in [2.45, 2.75) is 87.1 Å². The number of aliphatic carboxylic acids is 1. The molecule has 0 heterocycles. The topological polar surface area (TPSA) is 152 Å². The molecule has 0 rings (SSSR count). The molecule has 24 heteroatoms. The molecule has 0 saturated carbocycles. The normalized spacial score (nSPS) is 17.6. The first-order chi connectivity index (χ1) is 20.8. The highest BCUT2D eigenvalue weighted by molar-refractivity contribution is 7.88. The summed E-state index contributed by atoms with van der Waals surface area (Å²) in [4.78, 5) is 36.9. The summed E-state index contributed by atoms with van der Waals surface area (Å²) in [6, 6.07) is 0. The maximum Gasteiger partial charge on any atom is 0.456 e. The lowest BCUT2D eigenvalue weighted by Gasteiger charge is -2.31. The maximum atomic E-state index is 14.0. The van der Waals surface area contributed by atoms with Gasteiger partial charge in [0.05, 0.1) is 39.3 Å². The van der Waals surface area contributed by atoms with Crippen molar-refractivity contribution in [3.63, 3.8) is 0 Å². The Hall–Kier alpha value is -2.60. The number of carboxylic acid groups (broad SMARTS) is 1. The highest BCUT2D eigenvalue weighted by Crippen LogP contribution is 2.46. The highest BCUT2D eigenvalue weighted by atomic mass is 32.2. The predicted molar refractivity (Wildman–Crippen MR) is 129 cm³/mol. The van der Waals surface area contributed by atoms with Crippen LogP contribution in [0.25, 0.3) is 0 Å². The average molecular weight is 743 g/mol. The van der Waals surface area contributed by atoms with Crippen molar-refractivity contribution in [3.8, 4) is 0 Å². The van der Waals surface area contributed by atoms with Crippen LogP contribution in [0, 0.1) is 5.92 Å². The average Bonchev–Trinajstić information content (AvgIpc) is 2.85. The van der Waals surface area contributed by atoms with Crippen LogP contribution in [-0.2, 0) is 47.6 Å². The van der Waals surface area contributed by atoms with Crippen LogP contribution in [0.3, 0.4) is 0 Å². The van der Waals surface area contributed by atoms with Crippen molar-refractivity contribution >= 4 is 28.0 Å². The molecule has 0 aromatic carbocycles. The fourth-order valence-corrected chi connectivity index (χ4v) is 4.38. The zero-order valence-corrected chi connectivity index (χ0v) is 25.6. The van der Waals surface area contributed by atoms with Gasteiger partial charge in [0.15, 0.2) is 5.25 Å². The number of esters is 2. The van der Waals surface area contributed by atoms with Gasteiger partial charge in [-0.3, -0.25) is 18.6 Å². The van der Waals surface area contributed by atoms with E-state index in [2.05, 4.69) is 23.1 Å². The molecule has 0 aliphatic heterocycles. The minimum Gasteiger partial charge on any atom is -0.481 e. The summed E-state index contributed by atoms with van der Waals surface area (Å²) in [5.41, 5.74) is -4.34. The molecular formula is C23H30F12O11S. The lowest BCUT2D eigenvalue weighted by atomic mass is 10.0. The summed E-state index contributed by atoms with van der Waals surface area (Å²) in [5, 5.41) is 6.25. The first-order valence-corrected chi connectivity index (χ1v) is 14.1. The fourth-order valence-electron chi connectivity index (χ4n) is 3.28. The van der Waals surface area contributed by atoms with Gasteiger partial charge in [0, 0.05) is 6.92 Å². The Labute approximate surface area is 258 Å². The van der Waals surface area contributed by atoms with Crippen molar-refractivity contribution in [1.29, 1.82) is 0 Å². The lowest BCUT2D eigenvalue weighted by Crippen LogP contribution is -2.55. The Bertz CT molecular complexity index is 1190. The SMILES string of the molecule is COS(=O)(=O)C(C(=O)OC(C)COCC(C)(F)C(F)(F)C(F)(F)F)C(CC(=O)O)C(=O)OC(C)COCC(F)(F)C(F)(F)C(C)(F)F. The Morgan fingerprint density at radius 1 is 0.723 bits per heavy atom. The molecule has 0 bridgehead atoms. The van der Waals surface area contributed by atoms with Crippen molar-refractivity contribution < 1.29 is 104 Å². The summed E-state index contributed by atoms with van der Waals surface area (Å²) >= 11 is 0. The number of carbonyl (C=O) groups excluding carboxylic acids is 2. The van der Waals surface area contributed by atoms with E-state index in [0.717, 1.165) is 13.8 Å². The number of halogens is 12. The summed E-state index contributed by atoms with van der Waals surface area (Å²) in [6.45, 7) is -5.69. The number of carbonyl (C=O) groups is 3. The van der Waals surface area contributed by atoms with Gasteiger partial charge in [-0.25, -0.2) is 4.39 Å². The van der Waals surface area contributed by atoms with E-state index in [1.165, 1.54) is 0 Å². The first-order valence-electron chi connectivity index (χ1n) is 12.6. The van der Waals surface area contributed by atoms with Gasteiger partial charge in [0.25, 0.3) is 10.1 Å². The fraction of sp³-hybridized carbons (Fsp3) is 0.870. The molecule has 47 heavy (non-hydrogen) atoms. The van der Waals surface area contributed by atoms with Gasteiger partial charge in [-0.1, -0.05) is 0 Å². The van der Waals surface area contributed by atoms with E-state index in [0.29, 0.717) is 7.11 Å². The van der Waals surface area contributed by atoms with Crippen LogP contribution in [0.5, 0.6) is 0 Å². The van der Waals surface area contributed by atoms with Crippen molar-refractivity contribution in [1.82, 2.24) is 0 Å². The van der Waals surface area contributed by atoms with Crippen molar-refractivity contribution in [2.75, 3.05) is 33.5 Å². The third-order valence-corrected chi connectivity index (χ3v) is 7.46. The number of hydrogen-bond acceptors (Lipinski definition) is 10. The third-order valence-electron chi connectivity index (χ3n) is 5.86. The predicted octanol–water partition coefficient (Wildman–Crippen LogP) is 4.17. The van der Waals surface area contributed by atoms with Crippen LogP contribution in [-0.4, -0.2) is 118 Å². The Morgan fingerprint density at radius 3 is 1.53 bits per heavy atom. The van der Waals surface area contributed by atoms with E-state index in [1.807, 2.05) is 0 Å². The zero-order chi connectivity index (χ0) is 37.6. The number of carboxylic acids is 1. The van der Waals surface area contributed by atoms with Crippen LogP contribution >= 0.6 is 0 Å². The maximum absolute atomic E-state index is 14.0. The molecule has 0 saturated heterocycles. The molecule has 0 fully saturated rings. The summed E-state index contributed by atoms with van der Waals surface area (Å²) < 4.78 is 205. The Kier molecular flexibility index (Phi) is 14.9. The van der Waals surface area contributed by atoms with Crippen LogP contribution in [0.2, 0.25) is 0 Å². The summed E-state index contributed by atoms with van der Waals surface area (Å²) in [7, 11) is -4.89. The van der Waals surface area contributed by atoms with Gasteiger partial charge in [-0.2, -0.15) is 56.7 Å². The van der Waals surface area contributed by atoms with E-state index in [9.17, 15) is 80.6 Å². The molecule has 1 N–H and O–H groups in total. The number of alkyl halides is 12. The zero-order valence-electron chi connectivity index (χ0n) is 24.8. The second kappa shape index (κ2) is 15.7. The van der Waals surface area contributed by atoms with Gasteiger partial charge in [-0.15, -0.1) is 0 Å². The summed E-state index contributed by atoms with van der Waals surface area (Å²) in [6.07, 6.45) is -11.5. The first kappa shape index (κ1) is 44.4. The molecule has 11 nitrogen and oxygen atoms in total. The van der Waals surface area contributed by atoms with Crippen molar-refractivity contribution in [2.24, 2.45) is 5.92 Å². The molecule has 0 aromatic heterocycles. The molecule has 0 radical (unpaired) electrons. The second-order valence-electron chi connectivity index (χ2n) is 10.2. The van der Waals surface area contributed by atoms with Crippen molar-refractivity contribution in [3.05, 3.63) is 0 Å². The van der Waals surface area contributed by atoms with E-state index >= 15 is 0 Å². The molecule has 5 unspecified atom stereocenters. The largest absolute Gasteiger partial charge is 0.481 e. The molecule has 0 aromatic rings. The van der Waals surface area contributed by atoms with E-state index in [-0.39, 0.29) is 6.92 Å².